The van der Waals surface area contributed by atoms with Gasteiger partial charge >= 0.3 is 0 Å². The van der Waals surface area contributed by atoms with Gasteiger partial charge in [-0.2, -0.15) is 0 Å². The Labute approximate surface area is 117 Å². The van der Waals surface area contributed by atoms with Gasteiger partial charge in [-0.25, -0.2) is 0 Å². The summed E-state index contributed by atoms with van der Waals surface area (Å²) < 4.78 is 16.1. The van der Waals surface area contributed by atoms with Crippen molar-refractivity contribution >= 4 is 6.29 Å². The van der Waals surface area contributed by atoms with Crippen molar-refractivity contribution in [1.82, 2.24) is 0 Å². The number of aldehydes is 1. The fourth-order valence-electron chi connectivity index (χ4n) is 1.84. The summed E-state index contributed by atoms with van der Waals surface area (Å²) in [7, 11) is 3.06. The predicted octanol–water partition coefficient (Wildman–Crippen LogP) is 3.10. The zero-order valence-corrected chi connectivity index (χ0v) is 11.5. The first-order valence-electron chi connectivity index (χ1n) is 6.16. The molecule has 0 amide bonds. The van der Waals surface area contributed by atoms with E-state index in [0.717, 1.165) is 11.8 Å². The fourth-order valence-corrected chi connectivity index (χ4v) is 1.84. The summed E-state index contributed by atoms with van der Waals surface area (Å²) in [6.07, 6.45) is 0.728. The van der Waals surface area contributed by atoms with Gasteiger partial charge in [-0.1, -0.05) is 30.3 Å². The molecule has 4 heteroatoms. The summed E-state index contributed by atoms with van der Waals surface area (Å²) in [6, 6.07) is 13.0. The number of methoxy groups -OCH3 is 2. The van der Waals surface area contributed by atoms with E-state index in [1.807, 2.05) is 30.3 Å². The molecule has 2 aromatic carbocycles. The van der Waals surface area contributed by atoms with Crippen LogP contribution in [0.15, 0.2) is 42.5 Å². The van der Waals surface area contributed by atoms with Crippen molar-refractivity contribution in [3.8, 4) is 17.2 Å². The molecule has 4 nitrogen and oxygen atoms in total. The van der Waals surface area contributed by atoms with Gasteiger partial charge in [0, 0.05) is 6.07 Å². The summed E-state index contributed by atoms with van der Waals surface area (Å²) in [5.41, 5.74) is 1.42. The van der Waals surface area contributed by atoms with Crippen LogP contribution in [0, 0.1) is 0 Å². The third-order valence-corrected chi connectivity index (χ3v) is 2.87. The second-order valence-corrected chi connectivity index (χ2v) is 4.14. The zero-order chi connectivity index (χ0) is 14.4. The molecule has 0 heterocycles. The molecule has 0 fully saturated rings. The van der Waals surface area contributed by atoms with E-state index in [1.165, 1.54) is 14.2 Å². The van der Waals surface area contributed by atoms with Crippen LogP contribution < -0.4 is 14.2 Å². The minimum Gasteiger partial charge on any atom is -0.497 e. The maximum absolute atomic E-state index is 11.2. The van der Waals surface area contributed by atoms with Gasteiger partial charge < -0.3 is 14.2 Å². The van der Waals surface area contributed by atoms with Crippen LogP contribution >= 0.6 is 0 Å². The number of carbonyl (C=O) groups is 1. The van der Waals surface area contributed by atoms with Crippen LogP contribution in [-0.4, -0.2) is 20.5 Å². The van der Waals surface area contributed by atoms with Gasteiger partial charge in [-0.15, -0.1) is 0 Å². The van der Waals surface area contributed by atoms with Gasteiger partial charge in [-0.05, 0) is 11.6 Å². The van der Waals surface area contributed by atoms with E-state index < -0.39 is 0 Å². The lowest BCUT2D eigenvalue weighted by atomic mass is 10.2. The molecule has 0 bridgehead atoms. The van der Waals surface area contributed by atoms with E-state index in [9.17, 15) is 4.79 Å². The average Bonchev–Trinajstić information content (AvgIpc) is 2.52. The Hall–Kier alpha value is -2.49. The maximum Gasteiger partial charge on any atom is 0.172 e. The van der Waals surface area contributed by atoms with Crippen molar-refractivity contribution in [1.29, 1.82) is 0 Å². The number of carbonyl (C=O) groups excluding carboxylic acids is 1. The molecule has 0 spiro atoms. The van der Waals surface area contributed by atoms with E-state index in [0.29, 0.717) is 29.4 Å². The molecular formula is C16H16O4. The highest BCUT2D eigenvalue weighted by Crippen LogP contribution is 2.35. The molecule has 0 radical (unpaired) electrons. The maximum atomic E-state index is 11.2. The van der Waals surface area contributed by atoms with Crippen molar-refractivity contribution in [2.24, 2.45) is 0 Å². The smallest absolute Gasteiger partial charge is 0.172 e. The molecule has 0 saturated heterocycles. The summed E-state index contributed by atoms with van der Waals surface area (Å²) in [4.78, 5) is 11.2. The quantitative estimate of drug-likeness (QED) is 0.758. The third-order valence-electron chi connectivity index (χ3n) is 2.87. The number of rotatable bonds is 6. The van der Waals surface area contributed by atoms with Crippen LogP contribution in [0.1, 0.15) is 15.9 Å². The fraction of sp³-hybridized carbons (Fsp3) is 0.188. The van der Waals surface area contributed by atoms with Gasteiger partial charge in [0.05, 0.1) is 19.8 Å². The molecular weight excluding hydrogens is 256 g/mol. The highest BCUT2D eigenvalue weighted by atomic mass is 16.5. The van der Waals surface area contributed by atoms with Gasteiger partial charge in [0.2, 0.25) is 0 Å². The molecule has 0 atom stereocenters. The highest BCUT2D eigenvalue weighted by Gasteiger charge is 2.13. The Morgan fingerprint density at radius 1 is 1.05 bits per heavy atom. The summed E-state index contributed by atoms with van der Waals surface area (Å²) in [5.74, 6) is 1.45. The monoisotopic (exact) mass is 272 g/mol. The molecule has 104 valence electrons. The lowest BCUT2D eigenvalue weighted by Crippen LogP contribution is -2.01. The molecule has 0 saturated carbocycles. The minimum atomic E-state index is 0.365. The number of benzene rings is 2. The van der Waals surface area contributed by atoms with Crippen LogP contribution in [0.25, 0.3) is 0 Å². The molecule has 0 aromatic heterocycles. The Morgan fingerprint density at radius 2 is 1.80 bits per heavy atom. The topological polar surface area (TPSA) is 44.8 Å². The zero-order valence-electron chi connectivity index (χ0n) is 11.5. The standard InChI is InChI=1S/C16H16O4/c1-18-14-8-13(10-17)16(15(9-14)19-2)20-11-12-6-4-3-5-7-12/h3-10H,11H2,1-2H3. The van der Waals surface area contributed by atoms with E-state index in [-0.39, 0.29) is 0 Å². The molecule has 0 aliphatic rings. The molecule has 0 unspecified atom stereocenters. The van der Waals surface area contributed by atoms with Crippen molar-refractivity contribution in [2.75, 3.05) is 14.2 Å². The van der Waals surface area contributed by atoms with Gasteiger partial charge in [0.1, 0.15) is 12.4 Å². The molecule has 2 aromatic rings. The Morgan fingerprint density at radius 3 is 2.40 bits per heavy atom. The molecule has 0 N–H and O–H groups in total. The lowest BCUT2D eigenvalue weighted by Gasteiger charge is -2.14. The number of hydrogen-bond donors (Lipinski definition) is 0. The van der Waals surface area contributed by atoms with Crippen LogP contribution in [0.2, 0.25) is 0 Å². The number of ether oxygens (including phenoxy) is 3. The van der Waals surface area contributed by atoms with E-state index in [4.69, 9.17) is 14.2 Å². The first-order valence-corrected chi connectivity index (χ1v) is 6.16. The van der Waals surface area contributed by atoms with Crippen molar-refractivity contribution in [3.05, 3.63) is 53.6 Å². The molecule has 20 heavy (non-hydrogen) atoms. The average molecular weight is 272 g/mol. The Bertz CT molecular complexity index is 579. The Balaban J connectivity index is 2.27. The van der Waals surface area contributed by atoms with Crippen molar-refractivity contribution in [3.63, 3.8) is 0 Å². The second-order valence-electron chi connectivity index (χ2n) is 4.14. The molecule has 2 rings (SSSR count). The third kappa shape index (κ3) is 3.09. The lowest BCUT2D eigenvalue weighted by molar-refractivity contribution is 0.111. The van der Waals surface area contributed by atoms with Crippen LogP contribution in [0.4, 0.5) is 0 Å². The number of hydrogen-bond acceptors (Lipinski definition) is 4. The van der Waals surface area contributed by atoms with Gasteiger partial charge in [-0.3, -0.25) is 4.79 Å². The minimum absolute atomic E-state index is 0.365. The van der Waals surface area contributed by atoms with E-state index in [1.54, 1.807) is 12.1 Å². The van der Waals surface area contributed by atoms with Gasteiger partial charge in [0.15, 0.2) is 17.8 Å². The molecule has 0 aliphatic carbocycles. The normalized spacial score (nSPS) is 9.90. The van der Waals surface area contributed by atoms with Crippen LogP contribution in [-0.2, 0) is 6.61 Å². The first-order chi connectivity index (χ1) is 9.78. The van der Waals surface area contributed by atoms with Gasteiger partial charge in [0.25, 0.3) is 0 Å². The SMILES string of the molecule is COc1cc(C=O)c(OCc2ccccc2)c(OC)c1. The van der Waals surface area contributed by atoms with Crippen LogP contribution in [0.3, 0.4) is 0 Å². The second kappa shape index (κ2) is 6.61. The predicted molar refractivity (Wildman–Crippen MR) is 75.7 cm³/mol. The summed E-state index contributed by atoms with van der Waals surface area (Å²) in [6.45, 7) is 0.365. The van der Waals surface area contributed by atoms with Crippen LogP contribution in [0.5, 0.6) is 17.2 Å². The first kappa shape index (κ1) is 13.9. The summed E-state index contributed by atoms with van der Waals surface area (Å²) in [5, 5.41) is 0. The summed E-state index contributed by atoms with van der Waals surface area (Å²) >= 11 is 0. The Kier molecular flexibility index (Phi) is 4.60. The molecule has 0 aliphatic heterocycles. The van der Waals surface area contributed by atoms with E-state index in [2.05, 4.69) is 0 Å². The highest BCUT2D eigenvalue weighted by molar-refractivity contribution is 5.82. The van der Waals surface area contributed by atoms with Crippen molar-refractivity contribution < 1.29 is 19.0 Å². The van der Waals surface area contributed by atoms with E-state index >= 15 is 0 Å². The van der Waals surface area contributed by atoms with Crippen molar-refractivity contribution in [2.45, 2.75) is 6.61 Å². The largest absolute Gasteiger partial charge is 0.497 e.